The highest BCUT2D eigenvalue weighted by atomic mass is 16.7. The molecular weight excluding hydrogens is 260 g/mol. The highest BCUT2D eigenvalue weighted by Gasteiger charge is 2.39. The van der Waals surface area contributed by atoms with Crippen LogP contribution < -0.4 is 9.47 Å². The molecule has 1 atom stereocenters. The van der Waals surface area contributed by atoms with E-state index in [4.69, 9.17) is 14.2 Å². The number of rotatable bonds is 1. The van der Waals surface area contributed by atoms with Crippen molar-refractivity contribution in [3.63, 3.8) is 0 Å². The fraction of sp³-hybridized carbons (Fsp3) is 0.467. The van der Waals surface area contributed by atoms with E-state index in [1.165, 1.54) is 0 Å². The van der Waals surface area contributed by atoms with Crippen molar-refractivity contribution in [2.75, 3.05) is 6.79 Å². The van der Waals surface area contributed by atoms with Crippen molar-refractivity contribution >= 4 is 11.8 Å². The molecule has 0 spiro atoms. The topological polar surface area (TPSA) is 61.8 Å². The first-order valence-electron chi connectivity index (χ1n) is 6.55. The van der Waals surface area contributed by atoms with Gasteiger partial charge in [-0.25, -0.2) is 0 Å². The van der Waals surface area contributed by atoms with E-state index in [2.05, 4.69) is 0 Å². The minimum Gasteiger partial charge on any atom is -0.459 e. The van der Waals surface area contributed by atoms with E-state index in [0.717, 1.165) is 5.56 Å². The van der Waals surface area contributed by atoms with Crippen LogP contribution in [0.4, 0.5) is 0 Å². The molecule has 1 aromatic carbocycles. The Morgan fingerprint density at radius 3 is 2.55 bits per heavy atom. The lowest BCUT2D eigenvalue weighted by atomic mass is 10.1. The van der Waals surface area contributed by atoms with Crippen LogP contribution in [0.3, 0.4) is 0 Å². The Bertz CT molecular complexity index is 597. The molecule has 1 heterocycles. The van der Waals surface area contributed by atoms with E-state index >= 15 is 0 Å². The van der Waals surface area contributed by atoms with Crippen LogP contribution >= 0.6 is 0 Å². The van der Waals surface area contributed by atoms with Crippen LogP contribution in [0.2, 0.25) is 0 Å². The summed E-state index contributed by atoms with van der Waals surface area (Å²) < 4.78 is 15.8. The summed E-state index contributed by atoms with van der Waals surface area (Å²) in [6.45, 7) is 5.52. The molecule has 0 aromatic heterocycles. The number of ketones is 1. The van der Waals surface area contributed by atoms with Crippen LogP contribution in [0.15, 0.2) is 12.1 Å². The van der Waals surface area contributed by atoms with Gasteiger partial charge in [0.15, 0.2) is 17.3 Å². The number of benzene rings is 1. The van der Waals surface area contributed by atoms with Crippen molar-refractivity contribution in [3.8, 4) is 11.5 Å². The van der Waals surface area contributed by atoms with Crippen molar-refractivity contribution in [2.45, 2.75) is 32.8 Å². The van der Waals surface area contributed by atoms with Crippen molar-refractivity contribution in [2.24, 2.45) is 5.92 Å². The van der Waals surface area contributed by atoms with E-state index in [1.54, 1.807) is 32.9 Å². The predicted octanol–water partition coefficient (Wildman–Crippen LogP) is 2.11. The van der Waals surface area contributed by atoms with Crippen molar-refractivity contribution in [3.05, 3.63) is 23.3 Å². The summed E-state index contributed by atoms with van der Waals surface area (Å²) in [5, 5.41) is 0. The molecule has 2 aliphatic rings. The summed E-state index contributed by atoms with van der Waals surface area (Å²) >= 11 is 0. The van der Waals surface area contributed by atoms with E-state index < -0.39 is 17.5 Å². The number of hydrogen-bond acceptors (Lipinski definition) is 5. The molecule has 5 nitrogen and oxygen atoms in total. The molecule has 0 fully saturated rings. The lowest BCUT2D eigenvalue weighted by molar-refractivity contribution is -0.157. The second-order valence-corrected chi connectivity index (χ2v) is 6.02. The SMILES string of the molecule is CC(C)(C)OC(=O)C1Cc2cc3c(cc2C1=O)OCO3. The molecule has 5 heteroatoms. The van der Waals surface area contributed by atoms with Gasteiger partial charge >= 0.3 is 5.97 Å². The van der Waals surface area contributed by atoms with E-state index in [9.17, 15) is 9.59 Å². The number of hydrogen-bond donors (Lipinski definition) is 0. The second kappa shape index (κ2) is 4.23. The third kappa shape index (κ3) is 2.13. The molecule has 0 amide bonds. The Kier molecular flexibility index (Phi) is 2.74. The number of fused-ring (bicyclic) bond motifs is 2. The maximum Gasteiger partial charge on any atom is 0.317 e. The fourth-order valence-corrected chi connectivity index (χ4v) is 2.45. The number of ether oxygens (including phenoxy) is 3. The Morgan fingerprint density at radius 2 is 1.90 bits per heavy atom. The molecule has 3 rings (SSSR count). The van der Waals surface area contributed by atoms with Crippen molar-refractivity contribution in [1.29, 1.82) is 0 Å². The molecule has 0 saturated heterocycles. The number of esters is 1. The Morgan fingerprint density at radius 1 is 1.25 bits per heavy atom. The average Bonchev–Trinajstić information content (AvgIpc) is 2.89. The molecule has 0 radical (unpaired) electrons. The Balaban J connectivity index is 1.86. The monoisotopic (exact) mass is 276 g/mol. The minimum absolute atomic E-state index is 0.169. The summed E-state index contributed by atoms with van der Waals surface area (Å²) in [7, 11) is 0. The first-order chi connectivity index (χ1) is 9.35. The lowest BCUT2D eigenvalue weighted by Crippen LogP contribution is -2.31. The summed E-state index contributed by atoms with van der Waals surface area (Å²) in [6, 6.07) is 3.43. The minimum atomic E-state index is -0.758. The maximum absolute atomic E-state index is 12.3. The summed E-state index contributed by atoms with van der Waals surface area (Å²) in [6.07, 6.45) is 0.361. The molecule has 0 N–H and O–H groups in total. The van der Waals surface area contributed by atoms with Gasteiger partial charge in [0.1, 0.15) is 11.5 Å². The average molecular weight is 276 g/mol. The van der Waals surface area contributed by atoms with Crippen LogP contribution in [0.1, 0.15) is 36.7 Å². The first-order valence-corrected chi connectivity index (χ1v) is 6.55. The Hall–Kier alpha value is -2.04. The van der Waals surface area contributed by atoms with Gasteiger partial charge in [0.2, 0.25) is 6.79 Å². The molecule has 0 saturated carbocycles. The van der Waals surface area contributed by atoms with Gasteiger partial charge in [0.05, 0.1) is 0 Å². The van der Waals surface area contributed by atoms with Crippen LogP contribution in [0.5, 0.6) is 11.5 Å². The van der Waals surface area contributed by atoms with E-state index in [0.29, 0.717) is 23.5 Å². The number of carbonyl (C=O) groups excluding carboxylic acids is 2. The first kappa shape index (κ1) is 13.0. The standard InChI is InChI=1S/C15H16O5/c1-15(2,3)20-14(17)10-4-8-5-11-12(19-7-18-11)6-9(8)13(10)16/h5-6,10H,4,7H2,1-3H3. The number of Topliss-reactive ketones (excluding diaryl/α,β-unsaturated/α-hetero) is 1. The maximum atomic E-state index is 12.3. The zero-order valence-electron chi connectivity index (χ0n) is 11.7. The van der Waals surface area contributed by atoms with E-state index in [-0.39, 0.29) is 12.6 Å². The zero-order valence-corrected chi connectivity index (χ0v) is 11.7. The van der Waals surface area contributed by atoms with Gasteiger partial charge in [-0.15, -0.1) is 0 Å². The third-order valence-corrected chi connectivity index (χ3v) is 3.30. The molecule has 1 aromatic rings. The van der Waals surface area contributed by atoms with Gasteiger partial charge in [-0.1, -0.05) is 0 Å². The third-order valence-electron chi connectivity index (χ3n) is 3.30. The highest BCUT2D eigenvalue weighted by Crippen LogP contribution is 2.39. The largest absolute Gasteiger partial charge is 0.459 e. The van der Waals surface area contributed by atoms with Crippen LogP contribution in [-0.4, -0.2) is 24.1 Å². The van der Waals surface area contributed by atoms with Crippen molar-refractivity contribution < 1.29 is 23.8 Å². The normalized spacial score (nSPS) is 19.9. The van der Waals surface area contributed by atoms with Crippen molar-refractivity contribution in [1.82, 2.24) is 0 Å². The van der Waals surface area contributed by atoms with Gasteiger partial charge in [0.25, 0.3) is 0 Å². The van der Waals surface area contributed by atoms with Gasteiger partial charge < -0.3 is 14.2 Å². The van der Waals surface area contributed by atoms with Gasteiger partial charge in [-0.3, -0.25) is 9.59 Å². The summed E-state index contributed by atoms with van der Waals surface area (Å²) in [5.41, 5.74) is 0.750. The molecule has 1 aliphatic carbocycles. The highest BCUT2D eigenvalue weighted by molar-refractivity contribution is 6.12. The van der Waals surface area contributed by atoms with Crippen LogP contribution in [-0.2, 0) is 16.0 Å². The molecule has 1 unspecified atom stereocenters. The smallest absolute Gasteiger partial charge is 0.317 e. The van der Waals surface area contributed by atoms with E-state index in [1.807, 2.05) is 0 Å². The van der Waals surface area contributed by atoms with Gasteiger partial charge in [-0.2, -0.15) is 0 Å². The molecule has 106 valence electrons. The Labute approximate surface area is 116 Å². The van der Waals surface area contributed by atoms with Gasteiger partial charge in [-0.05, 0) is 44.9 Å². The zero-order chi connectivity index (χ0) is 14.5. The fourth-order valence-electron chi connectivity index (χ4n) is 2.45. The quantitative estimate of drug-likeness (QED) is 0.580. The number of carbonyl (C=O) groups is 2. The second-order valence-electron chi connectivity index (χ2n) is 6.02. The summed E-state index contributed by atoms with van der Waals surface area (Å²) in [4.78, 5) is 24.4. The van der Waals surface area contributed by atoms with Gasteiger partial charge in [0, 0.05) is 5.56 Å². The summed E-state index contributed by atoms with van der Waals surface area (Å²) in [5.74, 6) is -0.247. The molecule has 1 aliphatic heterocycles. The molecule has 20 heavy (non-hydrogen) atoms. The molecule has 0 bridgehead atoms. The van der Waals surface area contributed by atoms with Crippen LogP contribution in [0, 0.1) is 5.92 Å². The van der Waals surface area contributed by atoms with Crippen LogP contribution in [0.25, 0.3) is 0 Å². The lowest BCUT2D eigenvalue weighted by Gasteiger charge is -2.21. The predicted molar refractivity (Wildman–Crippen MR) is 69.9 cm³/mol. The molecular formula is C15H16O5.